The van der Waals surface area contributed by atoms with Gasteiger partial charge in [0.05, 0.1) is 22.3 Å². The first-order chi connectivity index (χ1) is 8.99. The molecular formula is C13H12BrFN2O2. The van der Waals surface area contributed by atoms with Gasteiger partial charge in [-0.25, -0.2) is 9.37 Å². The molecule has 0 aliphatic heterocycles. The number of halogens is 2. The summed E-state index contributed by atoms with van der Waals surface area (Å²) in [6.45, 7) is 3.79. The van der Waals surface area contributed by atoms with Crippen molar-refractivity contribution in [3.8, 4) is 0 Å². The molecule has 1 heterocycles. The molecule has 2 rings (SSSR count). The number of carbonyl (C=O) groups is 1. The van der Waals surface area contributed by atoms with E-state index in [1.807, 2.05) is 6.92 Å². The van der Waals surface area contributed by atoms with Gasteiger partial charge in [0.15, 0.2) is 0 Å². The Bertz CT molecular complexity index is 606. The monoisotopic (exact) mass is 326 g/mol. The summed E-state index contributed by atoms with van der Waals surface area (Å²) in [5.41, 5.74) is 1.02. The Labute approximate surface area is 118 Å². The lowest BCUT2D eigenvalue weighted by Crippen LogP contribution is -2.23. The van der Waals surface area contributed by atoms with Gasteiger partial charge in [0.25, 0.3) is 5.91 Å². The summed E-state index contributed by atoms with van der Waals surface area (Å²) in [6, 6.07) is 4.30. The second-order valence-electron chi connectivity index (χ2n) is 4.03. The Morgan fingerprint density at radius 3 is 2.84 bits per heavy atom. The summed E-state index contributed by atoms with van der Waals surface area (Å²) in [5.74, 6) is 0.280. The number of aromatic nitrogens is 1. The highest BCUT2D eigenvalue weighted by Crippen LogP contribution is 2.20. The van der Waals surface area contributed by atoms with Crippen LogP contribution in [-0.2, 0) is 6.54 Å². The molecule has 0 fully saturated rings. The van der Waals surface area contributed by atoms with Crippen molar-refractivity contribution in [2.75, 3.05) is 0 Å². The number of nitrogens with zero attached hydrogens (tertiary/aromatic N) is 1. The number of nitrogens with one attached hydrogen (secondary N) is 1. The third kappa shape index (κ3) is 3.01. The SMILES string of the molecule is Cc1nc(CNC(=O)c2cccc(F)c2Br)oc1C. The molecule has 6 heteroatoms. The van der Waals surface area contributed by atoms with E-state index < -0.39 is 5.82 Å². The van der Waals surface area contributed by atoms with Gasteiger partial charge >= 0.3 is 0 Å². The van der Waals surface area contributed by atoms with E-state index in [-0.39, 0.29) is 22.5 Å². The van der Waals surface area contributed by atoms with Gasteiger partial charge in [0.2, 0.25) is 5.89 Å². The van der Waals surface area contributed by atoms with Crippen molar-refractivity contribution in [1.29, 1.82) is 0 Å². The van der Waals surface area contributed by atoms with E-state index in [4.69, 9.17) is 4.42 Å². The average Bonchev–Trinajstić information content (AvgIpc) is 2.69. The zero-order valence-corrected chi connectivity index (χ0v) is 12.0. The largest absolute Gasteiger partial charge is 0.444 e. The first kappa shape index (κ1) is 13.7. The van der Waals surface area contributed by atoms with E-state index in [9.17, 15) is 9.18 Å². The molecule has 2 aromatic rings. The molecular weight excluding hydrogens is 315 g/mol. The molecule has 0 radical (unpaired) electrons. The lowest BCUT2D eigenvalue weighted by atomic mass is 10.2. The molecule has 0 atom stereocenters. The fraction of sp³-hybridized carbons (Fsp3) is 0.231. The van der Waals surface area contributed by atoms with E-state index in [0.717, 1.165) is 11.5 Å². The van der Waals surface area contributed by atoms with Crippen LogP contribution in [0.4, 0.5) is 4.39 Å². The number of amides is 1. The van der Waals surface area contributed by atoms with Gasteiger partial charge in [-0.15, -0.1) is 0 Å². The van der Waals surface area contributed by atoms with Gasteiger partial charge in [-0.05, 0) is 41.9 Å². The maximum absolute atomic E-state index is 13.3. The average molecular weight is 327 g/mol. The van der Waals surface area contributed by atoms with Gasteiger partial charge < -0.3 is 9.73 Å². The lowest BCUT2D eigenvalue weighted by molar-refractivity contribution is 0.0946. The molecule has 0 aliphatic rings. The minimum Gasteiger partial charge on any atom is -0.444 e. The number of oxazole rings is 1. The van der Waals surface area contributed by atoms with E-state index in [1.165, 1.54) is 18.2 Å². The van der Waals surface area contributed by atoms with E-state index in [2.05, 4.69) is 26.2 Å². The van der Waals surface area contributed by atoms with Crippen molar-refractivity contribution in [2.24, 2.45) is 0 Å². The number of carbonyl (C=O) groups excluding carboxylic acids is 1. The van der Waals surface area contributed by atoms with Crippen molar-refractivity contribution in [3.05, 3.63) is 51.4 Å². The van der Waals surface area contributed by atoms with Crippen molar-refractivity contribution < 1.29 is 13.6 Å². The second kappa shape index (κ2) is 5.52. The molecule has 1 N–H and O–H groups in total. The van der Waals surface area contributed by atoms with E-state index in [1.54, 1.807) is 6.92 Å². The molecule has 4 nitrogen and oxygen atoms in total. The quantitative estimate of drug-likeness (QED) is 0.942. The Balaban J connectivity index is 2.07. The van der Waals surface area contributed by atoms with Crippen LogP contribution in [0.5, 0.6) is 0 Å². The lowest BCUT2D eigenvalue weighted by Gasteiger charge is -2.05. The van der Waals surface area contributed by atoms with E-state index in [0.29, 0.717) is 5.89 Å². The van der Waals surface area contributed by atoms with Crippen LogP contribution in [0, 0.1) is 19.7 Å². The molecule has 1 amide bonds. The summed E-state index contributed by atoms with van der Waals surface area (Å²) >= 11 is 3.05. The molecule has 0 unspecified atom stereocenters. The Morgan fingerprint density at radius 1 is 1.47 bits per heavy atom. The van der Waals surface area contributed by atoms with Crippen LogP contribution in [-0.4, -0.2) is 10.9 Å². The topological polar surface area (TPSA) is 55.1 Å². The molecule has 1 aromatic heterocycles. The highest BCUT2D eigenvalue weighted by Gasteiger charge is 2.14. The van der Waals surface area contributed by atoms with Gasteiger partial charge in [-0.3, -0.25) is 4.79 Å². The molecule has 0 bridgehead atoms. The number of hydrogen-bond acceptors (Lipinski definition) is 3. The van der Waals surface area contributed by atoms with Crippen LogP contribution in [0.3, 0.4) is 0 Å². The van der Waals surface area contributed by atoms with Crippen LogP contribution < -0.4 is 5.32 Å². The summed E-state index contributed by atoms with van der Waals surface area (Å²) in [5, 5.41) is 2.63. The van der Waals surface area contributed by atoms with Crippen LogP contribution in [0.15, 0.2) is 27.1 Å². The standard InChI is InChI=1S/C13H12BrFN2O2/c1-7-8(2)19-11(17-7)6-16-13(18)9-4-3-5-10(15)12(9)14/h3-5H,6H2,1-2H3,(H,16,18). The second-order valence-corrected chi connectivity index (χ2v) is 4.83. The summed E-state index contributed by atoms with van der Waals surface area (Å²) in [6.07, 6.45) is 0. The summed E-state index contributed by atoms with van der Waals surface area (Å²) in [7, 11) is 0. The number of benzene rings is 1. The molecule has 100 valence electrons. The fourth-order valence-electron chi connectivity index (χ4n) is 1.55. The van der Waals surface area contributed by atoms with E-state index >= 15 is 0 Å². The Morgan fingerprint density at radius 2 is 2.21 bits per heavy atom. The fourth-order valence-corrected chi connectivity index (χ4v) is 1.99. The summed E-state index contributed by atoms with van der Waals surface area (Å²) < 4.78 is 18.8. The van der Waals surface area contributed by atoms with Gasteiger partial charge in [0, 0.05) is 0 Å². The first-order valence-electron chi connectivity index (χ1n) is 5.64. The van der Waals surface area contributed by atoms with Crippen molar-refractivity contribution in [1.82, 2.24) is 10.3 Å². The minimum atomic E-state index is -0.476. The smallest absolute Gasteiger partial charge is 0.252 e. The normalized spacial score (nSPS) is 10.5. The van der Waals surface area contributed by atoms with Gasteiger partial charge in [0.1, 0.15) is 11.6 Å². The predicted octanol–water partition coefficient (Wildman–Crippen LogP) is 3.12. The van der Waals surface area contributed by atoms with Gasteiger partial charge in [-0.1, -0.05) is 6.07 Å². The first-order valence-corrected chi connectivity index (χ1v) is 6.43. The minimum absolute atomic E-state index is 0.146. The molecule has 19 heavy (non-hydrogen) atoms. The van der Waals surface area contributed by atoms with Crippen LogP contribution in [0.25, 0.3) is 0 Å². The predicted molar refractivity (Wildman–Crippen MR) is 71.2 cm³/mol. The maximum atomic E-state index is 13.3. The Kier molecular flexibility index (Phi) is 3.99. The highest BCUT2D eigenvalue weighted by molar-refractivity contribution is 9.10. The van der Waals surface area contributed by atoms with Gasteiger partial charge in [-0.2, -0.15) is 0 Å². The summed E-state index contributed by atoms with van der Waals surface area (Å²) in [4.78, 5) is 16.1. The van der Waals surface area contributed by atoms with Crippen LogP contribution in [0.2, 0.25) is 0 Å². The molecule has 0 aliphatic carbocycles. The van der Waals surface area contributed by atoms with Crippen molar-refractivity contribution >= 4 is 21.8 Å². The molecule has 0 spiro atoms. The zero-order valence-electron chi connectivity index (χ0n) is 10.5. The van der Waals surface area contributed by atoms with Crippen molar-refractivity contribution in [3.63, 3.8) is 0 Å². The zero-order chi connectivity index (χ0) is 14.0. The number of rotatable bonds is 3. The number of hydrogen-bond donors (Lipinski definition) is 1. The highest BCUT2D eigenvalue weighted by atomic mass is 79.9. The van der Waals surface area contributed by atoms with Crippen LogP contribution >= 0.6 is 15.9 Å². The number of aryl methyl sites for hydroxylation is 2. The molecule has 0 saturated heterocycles. The Hall–Kier alpha value is -1.69. The third-order valence-corrected chi connectivity index (χ3v) is 3.48. The van der Waals surface area contributed by atoms with Crippen LogP contribution in [0.1, 0.15) is 27.7 Å². The van der Waals surface area contributed by atoms with Crippen molar-refractivity contribution in [2.45, 2.75) is 20.4 Å². The molecule has 1 aromatic carbocycles. The third-order valence-electron chi connectivity index (χ3n) is 2.67. The maximum Gasteiger partial charge on any atom is 0.252 e. The molecule has 0 saturated carbocycles.